The van der Waals surface area contributed by atoms with Crippen molar-refractivity contribution in [1.82, 2.24) is 5.32 Å². The Hall–Kier alpha value is -3.52. The first-order chi connectivity index (χ1) is 15.8. The van der Waals surface area contributed by atoms with E-state index in [0.717, 1.165) is 21.9 Å². The Labute approximate surface area is 195 Å². The number of anilines is 1. The third-order valence-electron chi connectivity index (χ3n) is 4.86. The average Bonchev–Trinajstić information content (AvgIpc) is 2.79. The molecule has 0 spiro atoms. The first-order valence-corrected chi connectivity index (χ1v) is 12.4. The van der Waals surface area contributed by atoms with Gasteiger partial charge < -0.3 is 14.8 Å². The second kappa shape index (κ2) is 10.9. The molecule has 1 atom stereocenters. The van der Waals surface area contributed by atoms with E-state index < -0.39 is 22.0 Å². The fourth-order valence-electron chi connectivity index (χ4n) is 3.30. The number of hydrogen-bond acceptors (Lipinski definition) is 5. The topological polar surface area (TPSA) is 84.9 Å². The first-order valence-electron chi connectivity index (χ1n) is 10.6. The minimum Gasteiger partial charge on any atom is -0.494 e. The molecule has 0 aliphatic rings. The maximum absolute atomic E-state index is 12.8. The van der Waals surface area contributed by atoms with Crippen LogP contribution in [0.4, 0.5) is 5.69 Å². The summed E-state index contributed by atoms with van der Waals surface area (Å²) in [5.74, 6) is 1.58. The van der Waals surface area contributed by atoms with Crippen molar-refractivity contribution in [2.75, 3.05) is 17.2 Å². The van der Waals surface area contributed by atoms with E-state index in [0.29, 0.717) is 23.8 Å². The standard InChI is InChI=1S/C25H28N2O5S/c1-4-31-22-14-10-20(11-15-22)18-26-25(28)19(2)27(33(3,29)30)21-12-16-24(17-13-21)32-23-8-6-5-7-9-23/h5-17,19H,4,18H2,1-3H3,(H,26,28). The fraction of sp³-hybridized carbons (Fsp3) is 0.240. The van der Waals surface area contributed by atoms with Crippen molar-refractivity contribution in [3.63, 3.8) is 0 Å². The molecule has 1 N–H and O–H groups in total. The van der Waals surface area contributed by atoms with E-state index >= 15 is 0 Å². The van der Waals surface area contributed by atoms with Crippen LogP contribution in [0.3, 0.4) is 0 Å². The van der Waals surface area contributed by atoms with Crippen molar-refractivity contribution in [3.8, 4) is 17.2 Å². The Morgan fingerprint density at radius 3 is 2.06 bits per heavy atom. The summed E-state index contributed by atoms with van der Waals surface area (Å²) in [5, 5.41) is 2.81. The van der Waals surface area contributed by atoms with Crippen LogP contribution in [0, 0.1) is 0 Å². The molecular formula is C25H28N2O5S. The first kappa shape index (κ1) is 24.1. The molecule has 3 aromatic rings. The summed E-state index contributed by atoms with van der Waals surface area (Å²) in [7, 11) is -3.71. The molecule has 174 valence electrons. The van der Waals surface area contributed by atoms with E-state index in [-0.39, 0.29) is 6.54 Å². The van der Waals surface area contributed by atoms with Crippen LogP contribution in [0.1, 0.15) is 19.4 Å². The molecule has 0 saturated carbocycles. The molecule has 0 bridgehead atoms. The van der Waals surface area contributed by atoms with Crippen LogP contribution in [0.25, 0.3) is 0 Å². The van der Waals surface area contributed by atoms with Crippen LogP contribution < -0.4 is 19.1 Å². The Kier molecular flexibility index (Phi) is 7.95. The van der Waals surface area contributed by atoms with E-state index in [1.54, 1.807) is 31.2 Å². The van der Waals surface area contributed by atoms with E-state index in [1.807, 2.05) is 61.5 Å². The summed E-state index contributed by atoms with van der Waals surface area (Å²) in [5.41, 5.74) is 1.26. The Balaban J connectivity index is 1.69. The molecule has 0 radical (unpaired) electrons. The van der Waals surface area contributed by atoms with E-state index in [9.17, 15) is 13.2 Å². The smallest absolute Gasteiger partial charge is 0.243 e. The fourth-order valence-corrected chi connectivity index (χ4v) is 4.48. The lowest BCUT2D eigenvalue weighted by Crippen LogP contribution is -2.47. The predicted octanol–water partition coefficient (Wildman–Crippen LogP) is 4.35. The van der Waals surface area contributed by atoms with Crippen molar-refractivity contribution in [1.29, 1.82) is 0 Å². The van der Waals surface area contributed by atoms with Gasteiger partial charge in [0.1, 0.15) is 23.3 Å². The molecule has 0 fully saturated rings. The molecule has 1 unspecified atom stereocenters. The number of ether oxygens (including phenoxy) is 2. The summed E-state index contributed by atoms with van der Waals surface area (Å²) in [6, 6.07) is 22.3. The van der Waals surface area contributed by atoms with Crippen LogP contribution in [-0.2, 0) is 21.4 Å². The third kappa shape index (κ3) is 6.73. The Morgan fingerprint density at radius 2 is 1.48 bits per heavy atom. The summed E-state index contributed by atoms with van der Waals surface area (Å²) in [6.45, 7) is 4.32. The highest BCUT2D eigenvalue weighted by atomic mass is 32.2. The van der Waals surface area contributed by atoms with Gasteiger partial charge in [-0.25, -0.2) is 8.42 Å². The Bertz CT molecular complexity index is 1150. The van der Waals surface area contributed by atoms with Crippen LogP contribution >= 0.6 is 0 Å². The van der Waals surface area contributed by atoms with Gasteiger partial charge >= 0.3 is 0 Å². The van der Waals surface area contributed by atoms with E-state index in [1.165, 1.54) is 0 Å². The van der Waals surface area contributed by atoms with Gasteiger partial charge in [-0.15, -0.1) is 0 Å². The lowest BCUT2D eigenvalue weighted by Gasteiger charge is -2.28. The maximum Gasteiger partial charge on any atom is 0.243 e. The lowest BCUT2D eigenvalue weighted by atomic mass is 10.2. The van der Waals surface area contributed by atoms with Gasteiger partial charge in [-0.1, -0.05) is 30.3 Å². The molecule has 8 heteroatoms. The highest BCUT2D eigenvalue weighted by Gasteiger charge is 2.29. The van der Waals surface area contributed by atoms with Crippen molar-refractivity contribution < 1.29 is 22.7 Å². The molecule has 0 heterocycles. The molecule has 3 rings (SSSR count). The van der Waals surface area contributed by atoms with Gasteiger partial charge in [0.15, 0.2) is 0 Å². The number of nitrogens with one attached hydrogen (secondary N) is 1. The van der Waals surface area contributed by atoms with Crippen molar-refractivity contribution in [2.45, 2.75) is 26.4 Å². The number of para-hydroxylation sites is 1. The summed E-state index contributed by atoms with van der Waals surface area (Å²) >= 11 is 0. The number of benzene rings is 3. The van der Waals surface area contributed by atoms with Crippen molar-refractivity contribution in [3.05, 3.63) is 84.4 Å². The zero-order valence-corrected chi connectivity index (χ0v) is 19.7. The third-order valence-corrected chi connectivity index (χ3v) is 6.10. The molecular weight excluding hydrogens is 440 g/mol. The number of rotatable bonds is 10. The number of sulfonamides is 1. The Morgan fingerprint density at radius 1 is 0.909 bits per heavy atom. The quantitative estimate of drug-likeness (QED) is 0.478. The predicted molar refractivity (Wildman–Crippen MR) is 129 cm³/mol. The SMILES string of the molecule is CCOc1ccc(CNC(=O)C(C)N(c2ccc(Oc3ccccc3)cc2)S(C)(=O)=O)cc1. The zero-order chi connectivity index (χ0) is 23.8. The molecule has 0 aromatic heterocycles. The largest absolute Gasteiger partial charge is 0.494 e. The molecule has 0 saturated heterocycles. The minimum atomic E-state index is -3.71. The van der Waals surface area contributed by atoms with Crippen LogP contribution in [-0.4, -0.2) is 33.2 Å². The van der Waals surface area contributed by atoms with E-state index in [2.05, 4.69) is 5.32 Å². The number of carbonyl (C=O) groups is 1. The van der Waals surface area contributed by atoms with Gasteiger partial charge in [0.05, 0.1) is 18.6 Å². The summed E-state index contributed by atoms with van der Waals surface area (Å²) in [6.07, 6.45) is 1.08. The lowest BCUT2D eigenvalue weighted by molar-refractivity contribution is -0.122. The highest BCUT2D eigenvalue weighted by Crippen LogP contribution is 2.27. The van der Waals surface area contributed by atoms with Crippen LogP contribution in [0.15, 0.2) is 78.9 Å². The average molecular weight is 469 g/mol. The normalized spacial score (nSPS) is 12.0. The van der Waals surface area contributed by atoms with Gasteiger partial charge in [-0.05, 0) is 67.9 Å². The summed E-state index contributed by atoms with van der Waals surface area (Å²) < 4.78 is 37.3. The molecule has 0 aliphatic carbocycles. The number of amides is 1. The number of nitrogens with zero attached hydrogens (tertiary/aromatic N) is 1. The van der Waals surface area contributed by atoms with Gasteiger partial charge in [-0.2, -0.15) is 0 Å². The number of hydrogen-bond donors (Lipinski definition) is 1. The van der Waals surface area contributed by atoms with Crippen LogP contribution in [0.5, 0.6) is 17.2 Å². The second-order valence-electron chi connectivity index (χ2n) is 7.44. The van der Waals surface area contributed by atoms with Crippen molar-refractivity contribution in [2.24, 2.45) is 0 Å². The number of carbonyl (C=O) groups excluding carboxylic acids is 1. The van der Waals surface area contributed by atoms with Crippen molar-refractivity contribution >= 4 is 21.6 Å². The van der Waals surface area contributed by atoms with Gasteiger partial charge in [0.2, 0.25) is 15.9 Å². The second-order valence-corrected chi connectivity index (χ2v) is 9.30. The maximum atomic E-state index is 12.8. The monoisotopic (exact) mass is 468 g/mol. The minimum absolute atomic E-state index is 0.275. The zero-order valence-electron chi connectivity index (χ0n) is 18.9. The van der Waals surface area contributed by atoms with Gasteiger partial charge in [-0.3, -0.25) is 9.10 Å². The molecule has 0 aliphatic heterocycles. The molecule has 33 heavy (non-hydrogen) atoms. The van der Waals surface area contributed by atoms with Gasteiger partial charge in [0, 0.05) is 6.54 Å². The molecule has 7 nitrogen and oxygen atoms in total. The molecule has 3 aromatic carbocycles. The summed E-state index contributed by atoms with van der Waals surface area (Å²) in [4.78, 5) is 12.8. The highest BCUT2D eigenvalue weighted by molar-refractivity contribution is 7.92. The van der Waals surface area contributed by atoms with Gasteiger partial charge in [0.25, 0.3) is 0 Å². The molecule has 1 amide bonds. The van der Waals surface area contributed by atoms with Crippen LogP contribution in [0.2, 0.25) is 0 Å². The van der Waals surface area contributed by atoms with E-state index in [4.69, 9.17) is 9.47 Å².